The second-order valence-electron chi connectivity index (χ2n) is 6.56. The van der Waals surface area contributed by atoms with Gasteiger partial charge in [0.25, 0.3) is 5.91 Å². The summed E-state index contributed by atoms with van der Waals surface area (Å²) in [6, 6.07) is 5.87. The fourth-order valence-electron chi connectivity index (χ4n) is 2.99. The summed E-state index contributed by atoms with van der Waals surface area (Å²) < 4.78 is 0. The molecule has 0 aliphatic heterocycles. The smallest absolute Gasteiger partial charge is 0.255 e. The van der Waals surface area contributed by atoms with Gasteiger partial charge in [-0.15, -0.1) is 11.3 Å². The monoisotopic (exact) mass is 345 g/mol. The van der Waals surface area contributed by atoms with Gasteiger partial charge in [0.15, 0.2) is 0 Å². The highest BCUT2D eigenvalue weighted by atomic mass is 32.1. The minimum absolute atomic E-state index is 0.0260. The van der Waals surface area contributed by atoms with Crippen molar-refractivity contribution in [1.82, 2.24) is 9.88 Å². The van der Waals surface area contributed by atoms with Gasteiger partial charge in [-0.05, 0) is 37.5 Å². The van der Waals surface area contributed by atoms with Crippen molar-refractivity contribution in [3.8, 4) is 10.6 Å². The van der Waals surface area contributed by atoms with Gasteiger partial charge in [-0.3, -0.25) is 4.79 Å². The topological polar surface area (TPSA) is 56.7 Å². The number of hydrogen-bond donors (Lipinski definition) is 1. The van der Waals surface area contributed by atoms with Crippen molar-refractivity contribution in [2.24, 2.45) is 0 Å². The van der Waals surface area contributed by atoms with Crippen molar-refractivity contribution in [3.05, 3.63) is 34.3 Å². The first-order valence-electron chi connectivity index (χ1n) is 8.09. The lowest BCUT2D eigenvalue weighted by molar-refractivity contribution is 0.0828. The molecule has 2 aromatic rings. The third kappa shape index (κ3) is 3.03. The lowest BCUT2D eigenvalue weighted by Gasteiger charge is -2.20. The standard InChI is InChI=1S/C18H23N3O2S/c1-20(2)14-9-8-11(10-12(14)18(23)21(3)4)17-19-13-6-5-7-15(22)16(13)24-17/h8-10,15,22H,5-7H2,1-4H3. The van der Waals surface area contributed by atoms with Crippen molar-refractivity contribution in [2.75, 3.05) is 33.1 Å². The Morgan fingerprint density at radius 3 is 2.67 bits per heavy atom. The molecule has 6 heteroatoms. The first-order valence-corrected chi connectivity index (χ1v) is 8.91. The second-order valence-corrected chi connectivity index (χ2v) is 7.59. The zero-order valence-electron chi connectivity index (χ0n) is 14.5. The number of hydrogen-bond acceptors (Lipinski definition) is 5. The van der Waals surface area contributed by atoms with Crippen LogP contribution in [0.2, 0.25) is 0 Å². The van der Waals surface area contributed by atoms with E-state index < -0.39 is 6.10 Å². The largest absolute Gasteiger partial charge is 0.388 e. The predicted molar refractivity (Wildman–Crippen MR) is 97.8 cm³/mol. The molecule has 0 bridgehead atoms. The maximum atomic E-state index is 12.5. The van der Waals surface area contributed by atoms with Gasteiger partial charge in [0.1, 0.15) is 5.01 Å². The normalized spacial score (nSPS) is 16.6. The Morgan fingerprint density at radius 1 is 1.29 bits per heavy atom. The zero-order chi connectivity index (χ0) is 17.4. The van der Waals surface area contributed by atoms with E-state index in [-0.39, 0.29) is 5.91 Å². The molecule has 3 rings (SSSR count). The third-order valence-corrected chi connectivity index (χ3v) is 5.53. The Morgan fingerprint density at radius 2 is 2.04 bits per heavy atom. The van der Waals surface area contributed by atoms with E-state index >= 15 is 0 Å². The number of carbonyl (C=O) groups is 1. The number of benzene rings is 1. The van der Waals surface area contributed by atoms with Crippen LogP contribution in [-0.4, -0.2) is 49.1 Å². The van der Waals surface area contributed by atoms with E-state index in [1.54, 1.807) is 19.0 Å². The number of aliphatic hydroxyl groups excluding tert-OH is 1. The van der Waals surface area contributed by atoms with Crippen molar-refractivity contribution in [2.45, 2.75) is 25.4 Å². The highest BCUT2D eigenvalue weighted by molar-refractivity contribution is 7.15. The summed E-state index contributed by atoms with van der Waals surface area (Å²) in [6.45, 7) is 0. The number of anilines is 1. The van der Waals surface area contributed by atoms with Crippen LogP contribution in [0.5, 0.6) is 0 Å². The fourth-order valence-corrected chi connectivity index (χ4v) is 4.12. The van der Waals surface area contributed by atoms with Crippen LogP contribution in [0.4, 0.5) is 5.69 Å². The third-order valence-electron chi connectivity index (χ3n) is 4.28. The molecule has 1 aliphatic rings. The summed E-state index contributed by atoms with van der Waals surface area (Å²) in [4.78, 5) is 21.8. The highest BCUT2D eigenvalue weighted by Gasteiger charge is 2.24. The van der Waals surface area contributed by atoms with Crippen LogP contribution in [0.3, 0.4) is 0 Å². The number of carbonyl (C=O) groups excluding carboxylic acids is 1. The lowest BCUT2D eigenvalue weighted by Crippen LogP contribution is -2.24. The molecule has 0 saturated carbocycles. The van der Waals surface area contributed by atoms with Crippen LogP contribution in [-0.2, 0) is 6.42 Å². The molecule has 1 atom stereocenters. The SMILES string of the molecule is CN(C)C(=O)c1cc(-c2nc3c(s2)C(O)CCC3)ccc1N(C)C. The van der Waals surface area contributed by atoms with Gasteiger partial charge in [0, 0.05) is 39.4 Å². The molecular weight excluding hydrogens is 322 g/mol. The first kappa shape index (κ1) is 16.9. The van der Waals surface area contributed by atoms with Crippen molar-refractivity contribution in [1.29, 1.82) is 0 Å². The Kier molecular flexibility index (Phi) is 4.60. The molecule has 1 heterocycles. The molecule has 1 aliphatic carbocycles. The predicted octanol–water partition coefficient (Wildman–Crippen LogP) is 2.95. The van der Waals surface area contributed by atoms with Gasteiger partial charge in [-0.2, -0.15) is 0 Å². The van der Waals surface area contributed by atoms with Gasteiger partial charge in [0.2, 0.25) is 0 Å². The van der Waals surface area contributed by atoms with E-state index in [4.69, 9.17) is 4.98 Å². The fraction of sp³-hybridized carbons (Fsp3) is 0.444. The maximum Gasteiger partial charge on any atom is 0.255 e. The summed E-state index contributed by atoms with van der Waals surface area (Å²) in [6.07, 6.45) is 2.30. The van der Waals surface area contributed by atoms with E-state index in [0.29, 0.717) is 5.56 Å². The van der Waals surface area contributed by atoms with Crippen molar-refractivity contribution >= 4 is 22.9 Å². The Balaban J connectivity index is 2.06. The maximum absolute atomic E-state index is 12.5. The van der Waals surface area contributed by atoms with Gasteiger partial charge >= 0.3 is 0 Å². The number of aromatic nitrogens is 1. The molecule has 0 saturated heterocycles. The molecule has 1 unspecified atom stereocenters. The highest BCUT2D eigenvalue weighted by Crippen LogP contribution is 2.38. The summed E-state index contributed by atoms with van der Waals surface area (Å²) in [5.41, 5.74) is 3.48. The quantitative estimate of drug-likeness (QED) is 0.929. The van der Waals surface area contributed by atoms with E-state index in [0.717, 1.165) is 46.1 Å². The number of aryl methyl sites for hydroxylation is 1. The molecule has 0 spiro atoms. The minimum Gasteiger partial charge on any atom is -0.388 e. The molecule has 128 valence electrons. The van der Waals surface area contributed by atoms with Crippen LogP contribution < -0.4 is 4.90 Å². The number of thiazole rings is 1. The Labute approximate surface area is 146 Å². The van der Waals surface area contributed by atoms with Crippen LogP contribution in [0.15, 0.2) is 18.2 Å². The van der Waals surface area contributed by atoms with Crippen molar-refractivity contribution < 1.29 is 9.90 Å². The molecule has 1 aromatic carbocycles. The molecule has 24 heavy (non-hydrogen) atoms. The molecule has 0 fully saturated rings. The summed E-state index contributed by atoms with van der Waals surface area (Å²) in [7, 11) is 7.37. The molecule has 1 amide bonds. The molecular formula is C18H23N3O2S. The Bertz CT molecular complexity index is 768. The lowest BCUT2D eigenvalue weighted by atomic mass is 10.0. The number of aliphatic hydroxyl groups is 1. The average Bonchev–Trinajstić information content (AvgIpc) is 2.99. The zero-order valence-corrected chi connectivity index (χ0v) is 15.4. The van der Waals surface area contributed by atoms with Crippen molar-refractivity contribution in [3.63, 3.8) is 0 Å². The molecule has 0 radical (unpaired) electrons. The van der Waals surface area contributed by atoms with Gasteiger partial charge in [-0.1, -0.05) is 0 Å². The number of amides is 1. The van der Waals surface area contributed by atoms with Crippen LogP contribution in [0.1, 0.15) is 39.9 Å². The molecule has 1 N–H and O–H groups in total. The minimum atomic E-state index is -0.399. The average molecular weight is 345 g/mol. The summed E-state index contributed by atoms with van der Waals surface area (Å²) >= 11 is 1.54. The van der Waals surface area contributed by atoms with Gasteiger partial charge < -0.3 is 14.9 Å². The number of rotatable bonds is 3. The Hall–Kier alpha value is -1.92. The van der Waals surface area contributed by atoms with E-state index in [1.807, 2.05) is 37.2 Å². The number of fused-ring (bicyclic) bond motifs is 1. The van der Waals surface area contributed by atoms with Crippen LogP contribution >= 0.6 is 11.3 Å². The van der Waals surface area contributed by atoms with E-state index in [1.165, 1.54) is 11.3 Å². The van der Waals surface area contributed by atoms with Crippen LogP contribution in [0.25, 0.3) is 10.6 Å². The molecule has 5 nitrogen and oxygen atoms in total. The second kappa shape index (κ2) is 6.53. The molecule has 1 aromatic heterocycles. The summed E-state index contributed by atoms with van der Waals surface area (Å²) in [5.74, 6) is -0.0260. The number of nitrogens with zero attached hydrogens (tertiary/aromatic N) is 3. The van der Waals surface area contributed by atoms with E-state index in [9.17, 15) is 9.90 Å². The summed E-state index contributed by atoms with van der Waals surface area (Å²) in [5, 5.41) is 11.0. The van der Waals surface area contributed by atoms with Gasteiger partial charge in [0.05, 0.1) is 22.2 Å². The van der Waals surface area contributed by atoms with E-state index in [2.05, 4.69) is 0 Å². The van der Waals surface area contributed by atoms with Crippen LogP contribution in [0, 0.1) is 0 Å². The van der Waals surface area contributed by atoms with Gasteiger partial charge in [-0.25, -0.2) is 4.98 Å². The first-order chi connectivity index (χ1) is 11.4.